The van der Waals surface area contributed by atoms with Crippen LogP contribution in [0, 0.1) is 0 Å². The third kappa shape index (κ3) is 5.64. The van der Waals surface area contributed by atoms with Gasteiger partial charge >= 0.3 is 0 Å². The number of rotatable bonds is 7. The molecule has 1 aliphatic rings. The molecule has 2 aromatic carbocycles. The highest BCUT2D eigenvalue weighted by Gasteiger charge is 2.29. The van der Waals surface area contributed by atoms with Crippen LogP contribution in [0.1, 0.15) is 31.2 Å². The number of hydrogen-bond acceptors (Lipinski definition) is 3. The van der Waals surface area contributed by atoms with Crippen LogP contribution in [0.2, 0.25) is 15.1 Å². The first-order valence-electron chi connectivity index (χ1n) is 9.25. The zero-order chi connectivity index (χ0) is 21.0. The zero-order valence-electron chi connectivity index (χ0n) is 15.6. The standard InChI is InChI=1S/C20H21Cl3N2O3S/c21-14-8-10-16(11-9-14)29(27,28)25(12-17-18(22)6-3-7-19(17)23)13-20(26)24-15-4-1-2-5-15/h3,6-11,15H,1-2,4-5,12-13H2,(H,24,26). The minimum Gasteiger partial charge on any atom is -0.352 e. The smallest absolute Gasteiger partial charge is 0.243 e. The number of nitrogens with one attached hydrogen (secondary N) is 1. The van der Waals surface area contributed by atoms with Gasteiger partial charge in [-0.3, -0.25) is 4.79 Å². The summed E-state index contributed by atoms with van der Waals surface area (Å²) in [6.07, 6.45) is 3.94. The third-order valence-electron chi connectivity index (χ3n) is 4.89. The number of sulfonamides is 1. The number of carbonyl (C=O) groups excluding carboxylic acids is 1. The maximum atomic E-state index is 13.3. The van der Waals surface area contributed by atoms with Crippen molar-refractivity contribution < 1.29 is 13.2 Å². The van der Waals surface area contributed by atoms with E-state index in [1.165, 1.54) is 24.3 Å². The Morgan fingerprint density at radius 2 is 1.59 bits per heavy atom. The quantitative estimate of drug-likeness (QED) is 0.619. The minimum absolute atomic E-state index is 0.0405. The molecule has 1 saturated carbocycles. The Morgan fingerprint density at radius 3 is 2.17 bits per heavy atom. The molecule has 0 bridgehead atoms. The first kappa shape index (κ1) is 22.4. The molecule has 1 aliphatic carbocycles. The van der Waals surface area contributed by atoms with Gasteiger partial charge in [0.1, 0.15) is 0 Å². The first-order chi connectivity index (χ1) is 13.8. The highest BCUT2D eigenvalue weighted by molar-refractivity contribution is 7.89. The molecule has 5 nitrogen and oxygen atoms in total. The highest BCUT2D eigenvalue weighted by atomic mass is 35.5. The lowest BCUT2D eigenvalue weighted by Crippen LogP contribution is -2.43. The van der Waals surface area contributed by atoms with E-state index in [9.17, 15) is 13.2 Å². The van der Waals surface area contributed by atoms with Crippen LogP contribution in [-0.2, 0) is 21.4 Å². The summed E-state index contributed by atoms with van der Waals surface area (Å²) < 4.78 is 27.6. The minimum atomic E-state index is -3.98. The Hall–Kier alpha value is -1.31. The number of nitrogens with zero attached hydrogens (tertiary/aromatic N) is 1. The number of amides is 1. The Balaban J connectivity index is 1.89. The predicted molar refractivity (Wildman–Crippen MR) is 116 cm³/mol. The van der Waals surface area contributed by atoms with Gasteiger partial charge in [0.15, 0.2) is 0 Å². The Morgan fingerprint density at radius 1 is 1.00 bits per heavy atom. The van der Waals surface area contributed by atoms with Gasteiger partial charge in [0.05, 0.1) is 11.4 Å². The number of halogens is 3. The summed E-state index contributed by atoms with van der Waals surface area (Å²) >= 11 is 18.4. The maximum absolute atomic E-state index is 13.3. The van der Waals surface area contributed by atoms with Crippen molar-refractivity contribution in [3.05, 3.63) is 63.1 Å². The van der Waals surface area contributed by atoms with Crippen molar-refractivity contribution in [1.29, 1.82) is 0 Å². The molecular weight excluding hydrogens is 455 g/mol. The van der Waals surface area contributed by atoms with Crippen LogP contribution in [0.5, 0.6) is 0 Å². The van der Waals surface area contributed by atoms with Gasteiger partial charge in [-0.25, -0.2) is 8.42 Å². The summed E-state index contributed by atoms with van der Waals surface area (Å²) in [5.74, 6) is -0.349. The zero-order valence-corrected chi connectivity index (χ0v) is 18.7. The van der Waals surface area contributed by atoms with Gasteiger partial charge in [0.25, 0.3) is 0 Å². The average Bonchev–Trinajstić information content (AvgIpc) is 3.17. The summed E-state index contributed by atoms with van der Waals surface area (Å²) in [5.41, 5.74) is 0.446. The van der Waals surface area contributed by atoms with Crippen molar-refractivity contribution in [1.82, 2.24) is 9.62 Å². The van der Waals surface area contributed by atoms with Crippen molar-refractivity contribution in [2.45, 2.75) is 43.2 Å². The first-order valence-corrected chi connectivity index (χ1v) is 11.8. The van der Waals surface area contributed by atoms with E-state index in [-0.39, 0.29) is 29.9 Å². The average molecular weight is 476 g/mol. The fourth-order valence-corrected chi connectivity index (χ4v) is 5.35. The van der Waals surface area contributed by atoms with Gasteiger partial charge in [-0.2, -0.15) is 4.31 Å². The van der Waals surface area contributed by atoms with Crippen molar-refractivity contribution in [3.63, 3.8) is 0 Å². The Kier molecular flexibility index (Phi) is 7.46. The molecule has 0 radical (unpaired) electrons. The van der Waals surface area contributed by atoms with Crippen LogP contribution in [0.4, 0.5) is 0 Å². The van der Waals surface area contributed by atoms with E-state index in [1.807, 2.05) is 0 Å². The summed E-state index contributed by atoms with van der Waals surface area (Å²) in [6, 6.07) is 10.8. The van der Waals surface area contributed by atoms with E-state index >= 15 is 0 Å². The van der Waals surface area contributed by atoms with Gasteiger partial charge in [-0.15, -0.1) is 0 Å². The van der Waals surface area contributed by atoms with Crippen LogP contribution >= 0.6 is 34.8 Å². The molecule has 9 heteroatoms. The summed E-state index contributed by atoms with van der Waals surface area (Å²) in [5, 5.41) is 4.02. The SMILES string of the molecule is O=C(CN(Cc1c(Cl)cccc1Cl)S(=O)(=O)c1ccc(Cl)cc1)NC1CCCC1. The monoisotopic (exact) mass is 474 g/mol. The van der Waals surface area contributed by atoms with Crippen LogP contribution in [0.25, 0.3) is 0 Å². The Bertz CT molecular complexity index is 955. The molecule has 1 N–H and O–H groups in total. The van der Waals surface area contributed by atoms with Crippen molar-refractivity contribution >= 4 is 50.7 Å². The van der Waals surface area contributed by atoms with E-state index in [1.54, 1.807) is 18.2 Å². The molecule has 0 unspecified atom stereocenters. The topological polar surface area (TPSA) is 66.5 Å². The molecule has 0 heterocycles. The lowest BCUT2D eigenvalue weighted by atomic mass is 10.2. The van der Waals surface area contributed by atoms with E-state index in [0.717, 1.165) is 30.0 Å². The van der Waals surface area contributed by atoms with Crippen LogP contribution in [-0.4, -0.2) is 31.2 Å². The molecule has 0 saturated heterocycles. The number of hydrogen-bond donors (Lipinski definition) is 1. The molecule has 0 spiro atoms. The molecular formula is C20H21Cl3N2O3S. The second kappa shape index (κ2) is 9.67. The second-order valence-corrected chi connectivity index (χ2v) is 10.2. The lowest BCUT2D eigenvalue weighted by molar-refractivity contribution is -0.122. The summed E-state index contributed by atoms with van der Waals surface area (Å²) in [4.78, 5) is 12.6. The van der Waals surface area contributed by atoms with Crippen LogP contribution in [0.15, 0.2) is 47.4 Å². The molecule has 0 atom stereocenters. The molecule has 0 aliphatic heterocycles. The molecule has 1 amide bonds. The van der Waals surface area contributed by atoms with Gasteiger partial charge in [-0.1, -0.05) is 53.7 Å². The van der Waals surface area contributed by atoms with E-state index in [0.29, 0.717) is 20.6 Å². The fourth-order valence-electron chi connectivity index (χ4n) is 3.34. The Labute approximate surface area is 186 Å². The van der Waals surface area contributed by atoms with E-state index in [4.69, 9.17) is 34.8 Å². The highest BCUT2D eigenvalue weighted by Crippen LogP contribution is 2.28. The largest absolute Gasteiger partial charge is 0.352 e. The molecule has 0 aromatic heterocycles. The predicted octanol–water partition coefficient (Wildman–Crippen LogP) is 4.90. The number of benzene rings is 2. The van der Waals surface area contributed by atoms with Crippen molar-refractivity contribution in [2.24, 2.45) is 0 Å². The molecule has 29 heavy (non-hydrogen) atoms. The van der Waals surface area contributed by atoms with Crippen LogP contribution < -0.4 is 5.32 Å². The molecule has 156 valence electrons. The van der Waals surface area contributed by atoms with Crippen molar-refractivity contribution in [2.75, 3.05) is 6.54 Å². The van der Waals surface area contributed by atoms with Gasteiger partial charge in [0, 0.05) is 33.2 Å². The van der Waals surface area contributed by atoms with Crippen LogP contribution in [0.3, 0.4) is 0 Å². The van der Waals surface area contributed by atoms with E-state index < -0.39 is 10.0 Å². The van der Waals surface area contributed by atoms with Gasteiger partial charge in [0.2, 0.25) is 15.9 Å². The molecule has 3 rings (SSSR count). The third-order valence-corrected chi connectivity index (χ3v) is 7.65. The normalized spacial score (nSPS) is 15.0. The second-order valence-electron chi connectivity index (χ2n) is 6.98. The molecule has 1 fully saturated rings. The van der Waals surface area contributed by atoms with Gasteiger partial charge in [-0.05, 0) is 49.2 Å². The lowest BCUT2D eigenvalue weighted by Gasteiger charge is -2.24. The summed E-state index contributed by atoms with van der Waals surface area (Å²) in [7, 11) is -3.98. The van der Waals surface area contributed by atoms with Gasteiger partial charge < -0.3 is 5.32 Å². The maximum Gasteiger partial charge on any atom is 0.243 e. The van der Waals surface area contributed by atoms with Crippen molar-refractivity contribution in [3.8, 4) is 0 Å². The summed E-state index contributed by atoms with van der Waals surface area (Å²) in [6.45, 7) is -0.454. The fraction of sp³-hybridized carbons (Fsp3) is 0.350. The van der Waals surface area contributed by atoms with E-state index in [2.05, 4.69) is 5.32 Å². The molecule has 2 aromatic rings. The number of carbonyl (C=O) groups is 1.